The number of nitro benzene ring substituents is 1. The molecule has 0 atom stereocenters. The zero-order chi connectivity index (χ0) is 14.5. The van der Waals surface area contributed by atoms with E-state index in [2.05, 4.69) is 10.6 Å². The summed E-state index contributed by atoms with van der Waals surface area (Å²) in [7, 11) is 1.73. The molecule has 0 aromatic heterocycles. The van der Waals surface area contributed by atoms with Crippen LogP contribution in [0.1, 0.15) is 20.8 Å². The van der Waals surface area contributed by atoms with Crippen molar-refractivity contribution < 1.29 is 9.66 Å². The van der Waals surface area contributed by atoms with Crippen LogP contribution in [-0.4, -0.2) is 30.7 Å². The van der Waals surface area contributed by atoms with Crippen molar-refractivity contribution in [3.63, 3.8) is 0 Å². The average molecular weight is 267 g/mol. The Morgan fingerprint density at radius 2 is 1.95 bits per heavy atom. The molecular formula is C13H21N3O3. The summed E-state index contributed by atoms with van der Waals surface area (Å²) in [5.74, 6) is 0. The van der Waals surface area contributed by atoms with Crippen LogP contribution >= 0.6 is 0 Å². The van der Waals surface area contributed by atoms with E-state index >= 15 is 0 Å². The summed E-state index contributed by atoms with van der Waals surface area (Å²) >= 11 is 0. The first-order chi connectivity index (χ1) is 8.88. The lowest BCUT2D eigenvalue weighted by atomic mass is 10.1. The SMILES string of the molecule is CCOC(C)(C)CNc1cc(NC)cc([N+](=O)[O-])c1. The van der Waals surface area contributed by atoms with Crippen molar-refractivity contribution >= 4 is 17.1 Å². The summed E-state index contributed by atoms with van der Waals surface area (Å²) in [5, 5.41) is 16.9. The van der Waals surface area contributed by atoms with Crippen LogP contribution in [0.25, 0.3) is 0 Å². The predicted molar refractivity (Wildman–Crippen MR) is 76.8 cm³/mol. The molecule has 0 bridgehead atoms. The van der Waals surface area contributed by atoms with E-state index in [-0.39, 0.29) is 11.3 Å². The summed E-state index contributed by atoms with van der Waals surface area (Å²) in [4.78, 5) is 10.4. The highest BCUT2D eigenvalue weighted by molar-refractivity contribution is 5.63. The maximum atomic E-state index is 10.9. The van der Waals surface area contributed by atoms with Gasteiger partial charge in [-0.15, -0.1) is 0 Å². The van der Waals surface area contributed by atoms with Gasteiger partial charge in [0.05, 0.1) is 10.5 Å². The molecule has 2 N–H and O–H groups in total. The maximum absolute atomic E-state index is 10.9. The minimum absolute atomic E-state index is 0.0589. The van der Waals surface area contributed by atoms with Crippen LogP contribution in [0, 0.1) is 10.1 Å². The summed E-state index contributed by atoms with van der Waals surface area (Å²) < 4.78 is 5.57. The summed E-state index contributed by atoms with van der Waals surface area (Å²) in [5.41, 5.74) is 1.14. The van der Waals surface area contributed by atoms with Gasteiger partial charge in [-0.2, -0.15) is 0 Å². The third kappa shape index (κ3) is 4.75. The normalized spacial score (nSPS) is 11.2. The van der Waals surface area contributed by atoms with Crippen LogP contribution in [0.3, 0.4) is 0 Å². The van der Waals surface area contributed by atoms with Crippen molar-refractivity contribution in [1.29, 1.82) is 0 Å². The highest BCUT2D eigenvalue weighted by Gasteiger charge is 2.18. The van der Waals surface area contributed by atoms with Gasteiger partial charge >= 0.3 is 0 Å². The number of rotatable bonds is 7. The third-order valence-corrected chi connectivity index (χ3v) is 2.67. The molecule has 6 heteroatoms. The Morgan fingerprint density at radius 3 is 2.47 bits per heavy atom. The number of non-ortho nitro benzene ring substituents is 1. The number of nitrogens with zero attached hydrogens (tertiary/aromatic N) is 1. The molecule has 0 aliphatic heterocycles. The number of anilines is 2. The third-order valence-electron chi connectivity index (χ3n) is 2.67. The topological polar surface area (TPSA) is 76.4 Å². The molecule has 0 saturated heterocycles. The number of hydrogen-bond donors (Lipinski definition) is 2. The van der Waals surface area contributed by atoms with Crippen LogP contribution in [0.4, 0.5) is 17.1 Å². The Kier molecular flexibility index (Phi) is 5.11. The molecule has 6 nitrogen and oxygen atoms in total. The summed E-state index contributed by atoms with van der Waals surface area (Å²) in [6.45, 7) is 7.09. The largest absolute Gasteiger partial charge is 0.388 e. The second kappa shape index (κ2) is 6.38. The van der Waals surface area contributed by atoms with Gasteiger partial charge in [-0.05, 0) is 26.8 Å². The molecular weight excluding hydrogens is 246 g/mol. The molecule has 19 heavy (non-hydrogen) atoms. The van der Waals surface area contributed by atoms with Gasteiger partial charge in [0.1, 0.15) is 0 Å². The minimum Gasteiger partial charge on any atom is -0.388 e. The van der Waals surface area contributed by atoms with Crippen LogP contribution < -0.4 is 10.6 Å². The second-order valence-electron chi connectivity index (χ2n) is 4.82. The van der Waals surface area contributed by atoms with Crippen molar-refractivity contribution in [2.24, 2.45) is 0 Å². The van der Waals surface area contributed by atoms with Crippen molar-refractivity contribution in [3.8, 4) is 0 Å². The number of nitrogens with one attached hydrogen (secondary N) is 2. The average Bonchev–Trinajstić information content (AvgIpc) is 2.36. The van der Waals surface area contributed by atoms with Crippen LogP contribution in [0.2, 0.25) is 0 Å². The summed E-state index contributed by atoms with van der Waals surface area (Å²) in [6, 6.07) is 4.84. The molecule has 1 rings (SSSR count). The smallest absolute Gasteiger partial charge is 0.273 e. The Labute approximate surface area is 113 Å². The molecule has 0 spiro atoms. The molecule has 106 valence electrons. The molecule has 0 heterocycles. The quantitative estimate of drug-likeness (QED) is 0.587. The van der Waals surface area contributed by atoms with E-state index in [1.165, 1.54) is 12.1 Å². The zero-order valence-corrected chi connectivity index (χ0v) is 11.8. The van der Waals surface area contributed by atoms with Gasteiger partial charge in [-0.1, -0.05) is 0 Å². The van der Waals surface area contributed by atoms with Gasteiger partial charge in [0.25, 0.3) is 5.69 Å². The molecule has 0 fully saturated rings. The monoisotopic (exact) mass is 267 g/mol. The number of benzene rings is 1. The molecule has 0 aliphatic rings. The lowest BCUT2D eigenvalue weighted by Crippen LogP contribution is -2.33. The number of nitro groups is 1. The van der Waals surface area contributed by atoms with E-state index in [1.807, 2.05) is 26.8 Å². The standard InChI is InChI=1S/C13H21N3O3/c1-5-19-13(2,3)9-15-11-6-10(14-4)7-12(8-11)16(17)18/h6-8,14-15H,5,9H2,1-4H3. The molecule has 1 aromatic carbocycles. The molecule has 0 saturated carbocycles. The van der Waals surface area contributed by atoms with Gasteiger partial charge in [0, 0.05) is 43.7 Å². The van der Waals surface area contributed by atoms with Gasteiger partial charge < -0.3 is 15.4 Å². The van der Waals surface area contributed by atoms with E-state index in [0.717, 1.165) is 0 Å². The lowest BCUT2D eigenvalue weighted by molar-refractivity contribution is -0.384. The molecule has 0 amide bonds. The van der Waals surface area contributed by atoms with E-state index in [4.69, 9.17) is 4.74 Å². The maximum Gasteiger partial charge on any atom is 0.273 e. The fourth-order valence-corrected chi connectivity index (χ4v) is 1.72. The highest BCUT2D eigenvalue weighted by Crippen LogP contribution is 2.24. The Bertz CT molecular complexity index is 447. The van der Waals surface area contributed by atoms with E-state index in [0.29, 0.717) is 24.5 Å². The van der Waals surface area contributed by atoms with Crippen molar-refractivity contribution in [2.45, 2.75) is 26.4 Å². The first kappa shape index (κ1) is 15.2. The second-order valence-corrected chi connectivity index (χ2v) is 4.82. The molecule has 0 radical (unpaired) electrons. The Balaban J connectivity index is 2.83. The molecule has 0 aliphatic carbocycles. The fraction of sp³-hybridized carbons (Fsp3) is 0.538. The fourth-order valence-electron chi connectivity index (χ4n) is 1.72. The first-order valence-electron chi connectivity index (χ1n) is 6.23. The Hall–Kier alpha value is -1.82. The van der Waals surface area contributed by atoms with Crippen molar-refractivity contribution in [3.05, 3.63) is 28.3 Å². The number of ether oxygens (including phenoxy) is 1. The number of hydrogen-bond acceptors (Lipinski definition) is 5. The van der Waals surface area contributed by atoms with Crippen LogP contribution in [-0.2, 0) is 4.74 Å². The van der Waals surface area contributed by atoms with Crippen LogP contribution in [0.5, 0.6) is 0 Å². The van der Waals surface area contributed by atoms with Crippen molar-refractivity contribution in [1.82, 2.24) is 0 Å². The zero-order valence-electron chi connectivity index (χ0n) is 11.8. The molecule has 0 unspecified atom stereocenters. The Morgan fingerprint density at radius 1 is 1.32 bits per heavy atom. The highest BCUT2D eigenvalue weighted by atomic mass is 16.6. The van der Waals surface area contributed by atoms with Gasteiger partial charge in [0.15, 0.2) is 0 Å². The minimum atomic E-state index is -0.403. The van der Waals surface area contributed by atoms with Crippen LogP contribution in [0.15, 0.2) is 18.2 Å². The summed E-state index contributed by atoms with van der Waals surface area (Å²) in [6.07, 6.45) is 0. The van der Waals surface area contributed by atoms with Gasteiger partial charge in [-0.3, -0.25) is 10.1 Å². The van der Waals surface area contributed by atoms with Gasteiger partial charge in [-0.25, -0.2) is 0 Å². The van der Waals surface area contributed by atoms with Gasteiger partial charge in [0.2, 0.25) is 0 Å². The molecule has 1 aromatic rings. The van der Waals surface area contributed by atoms with E-state index in [1.54, 1.807) is 7.05 Å². The van der Waals surface area contributed by atoms with Crippen molar-refractivity contribution in [2.75, 3.05) is 30.8 Å². The first-order valence-corrected chi connectivity index (χ1v) is 6.23. The van der Waals surface area contributed by atoms with E-state index < -0.39 is 4.92 Å². The predicted octanol–water partition coefficient (Wildman–Crippen LogP) is 2.86. The van der Waals surface area contributed by atoms with E-state index in [9.17, 15) is 10.1 Å². The lowest BCUT2D eigenvalue weighted by Gasteiger charge is -2.25.